The molecule has 3 aromatic rings. The van der Waals surface area contributed by atoms with E-state index in [2.05, 4.69) is 20.3 Å². The molecule has 0 unspecified atom stereocenters. The van der Waals surface area contributed by atoms with E-state index in [1.54, 1.807) is 18.2 Å². The van der Waals surface area contributed by atoms with Crippen molar-refractivity contribution >= 4 is 35.0 Å². The van der Waals surface area contributed by atoms with Crippen LogP contribution in [0.4, 0.5) is 8.78 Å². The second-order valence-corrected chi connectivity index (χ2v) is 7.34. The van der Waals surface area contributed by atoms with Crippen molar-refractivity contribution in [2.75, 3.05) is 13.1 Å². The molecular formula is C22H18F2N6O2. The molecule has 0 aliphatic carbocycles. The van der Waals surface area contributed by atoms with Crippen LogP contribution in [0.2, 0.25) is 0 Å². The average Bonchev–Trinajstić information content (AvgIpc) is 3.35. The van der Waals surface area contributed by atoms with Gasteiger partial charge in [0.15, 0.2) is 0 Å². The number of amides is 2. The molecule has 0 bridgehead atoms. The Hall–Kier alpha value is -4.13. The fourth-order valence-corrected chi connectivity index (χ4v) is 3.51. The molecule has 2 aromatic heterocycles. The van der Waals surface area contributed by atoms with Crippen LogP contribution in [0.15, 0.2) is 42.7 Å². The first-order valence-corrected chi connectivity index (χ1v) is 9.78. The van der Waals surface area contributed by atoms with Gasteiger partial charge < -0.3 is 15.2 Å². The lowest BCUT2D eigenvalue weighted by molar-refractivity contribution is -0.131. The second kappa shape index (κ2) is 8.55. The van der Waals surface area contributed by atoms with Crippen LogP contribution in [-0.4, -0.2) is 56.7 Å². The Bertz CT molecular complexity index is 1210. The van der Waals surface area contributed by atoms with Crippen molar-refractivity contribution in [3.8, 4) is 6.07 Å². The van der Waals surface area contributed by atoms with Gasteiger partial charge in [-0.3, -0.25) is 14.6 Å². The number of para-hydroxylation sites is 2. The second-order valence-electron chi connectivity index (χ2n) is 7.34. The molecule has 1 aromatic carbocycles. The van der Waals surface area contributed by atoms with Gasteiger partial charge >= 0.3 is 0 Å². The van der Waals surface area contributed by atoms with Crippen molar-refractivity contribution in [3.05, 3.63) is 59.7 Å². The maximum atomic E-state index is 13.5. The van der Waals surface area contributed by atoms with E-state index in [1.807, 2.05) is 24.3 Å². The number of alkyl halides is 2. The standard InChI is InChI=1S/C22H18F2N6O2/c23-22(24)9-15(10-25)30(13-22)20(31)12-27-21(32)16-7-8-26-11-14(16)5-6-19-28-17-3-1-2-4-18(17)29-19/h1-8,11,15H,9,12-13H2,(H,27,32)(H,28,29)/b6-5+/t15-/m0/s1. The molecule has 1 fully saturated rings. The first-order valence-electron chi connectivity index (χ1n) is 9.78. The van der Waals surface area contributed by atoms with Gasteiger partial charge in [0, 0.05) is 29.9 Å². The van der Waals surface area contributed by atoms with E-state index in [9.17, 15) is 18.4 Å². The molecule has 2 N–H and O–H groups in total. The molecule has 8 nitrogen and oxygen atoms in total. The molecule has 1 aliphatic rings. The molecule has 0 saturated carbocycles. The van der Waals surface area contributed by atoms with Crippen molar-refractivity contribution in [2.24, 2.45) is 0 Å². The van der Waals surface area contributed by atoms with Crippen molar-refractivity contribution < 1.29 is 18.4 Å². The smallest absolute Gasteiger partial charge is 0.268 e. The van der Waals surface area contributed by atoms with Crippen molar-refractivity contribution in [3.63, 3.8) is 0 Å². The minimum Gasteiger partial charge on any atom is -0.343 e. The Morgan fingerprint density at radius 3 is 2.91 bits per heavy atom. The number of benzene rings is 1. The summed E-state index contributed by atoms with van der Waals surface area (Å²) in [5.74, 6) is -3.83. The summed E-state index contributed by atoms with van der Waals surface area (Å²) in [6.45, 7) is -1.33. The lowest BCUT2D eigenvalue weighted by atomic mass is 10.1. The van der Waals surface area contributed by atoms with E-state index in [0.29, 0.717) is 11.4 Å². The minimum atomic E-state index is -3.11. The molecule has 10 heteroatoms. The van der Waals surface area contributed by atoms with Crippen LogP contribution in [0, 0.1) is 11.3 Å². The van der Waals surface area contributed by atoms with Gasteiger partial charge in [-0.1, -0.05) is 12.1 Å². The number of H-pyrrole nitrogens is 1. The molecule has 0 spiro atoms. The number of hydrogen-bond donors (Lipinski definition) is 2. The van der Waals surface area contributed by atoms with Crippen LogP contribution in [0.25, 0.3) is 23.2 Å². The quantitative estimate of drug-likeness (QED) is 0.638. The molecule has 3 heterocycles. The summed E-state index contributed by atoms with van der Waals surface area (Å²) in [5, 5.41) is 11.5. The zero-order valence-electron chi connectivity index (χ0n) is 16.8. The van der Waals surface area contributed by atoms with Gasteiger partial charge in [0.1, 0.15) is 11.9 Å². The largest absolute Gasteiger partial charge is 0.343 e. The molecule has 2 amide bonds. The molecule has 4 rings (SSSR count). The Labute approximate surface area is 181 Å². The summed E-state index contributed by atoms with van der Waals surface area (Å²) in [6, 6.07) is 9.52. The summed E-state index contributed by atoms with van der Waals surface area (Å²) < 4.78 is 27.1. The maximum Gasteiger partial charge on any atom is 0.268 e. The van der Waals surface area contributed by atoms with Gasteiger partial charge in [0.2, 0.25) is 5.91 Å². The Morgan fingerprint density at radius 1 is 1.31 bits per heavy atom. The Kier molecular flexibility index (Phi) is 5.64. The fraction of sp³-hybridized carbons (Fsp3) is 0.227. The number of halogens is 2. The molecule has 1 aliphatic heterocycles. The molecule has 0 radical (unpaired) electrons. The van der Waals surface area contributed by atoms with Crippen LogP contribution in [0.1, 0.15) is 28.2 Å². The number of pyridine rings is 1. The third kappa shape index (κ3) is 4.46. The lowest BCUT2D eigenvalue weighted by Crippen LogP contribution is -2.43. The average molecular weight is 436 g/mol. The number of likely N-dealkylation sites (tertiary alicyclic amines) is 1. The summed E-state index contributed by atoms with van der Waals surface area (Å²) in [4.78, 5) is 37.3. The van der Waals surface area contributed by atoms with E-state index in [4.69, 9.17) is 5.26 Å². The maximum absolute atomic E-state index is 13.5. The molecule has 1 atom stereocenters. The predicted molar refractivity (Wildman–Crippen MR) is 112 cm³/mol. The van der Waals surface area contributed by atoms with Crippen LogP contribution < -0.4 is 5.32 Å². The van der Waals surface area contributed by atoms with Crippen molar-refractivity contribution in [1.82, 2.24) is 25.2 Å². The fourth-order valence-electron chi connectivity index (χ4n) is 3.51. The topological polar surface area (TPSA) is 115 Å². The normalized spacial score (nSPS) is 17.5. The highest BCUT2D eigenvalue weighted by atomic mass is 19.3. The number of carbonyl (C=O) groups is 2. The van der Waals surface area contributed by atoms with Crippen LogP contribution >= 0.6 is 0 Å². The van der Waals surface area contributed by atoms with Crippen molar-refractivity contribution in [1.29, 1.82) is 5.26 Å². The number of aromatic amines is 1. The number of nitrogens with one attached hydrogen (secondary N) is 2. The molecule has 1 saturated heterocycles. The molecular weight excluding hydrogens is 418 g/mol. The highest BCUT2D eigenvalue weighted by Crippen LogP contribution is 2.31. The highest BCUT2D eigenvalue weighted by Gasteiger charge is 2.47. The van der Waals surface area contributed by atoms with Crippen LogP contribution in [0.3, 0.4) is 0 Å². The van der Waals surface area contributed by atoms with Crippen LogP contribution in [-0.2, 0) is 4.79 Å². The summed E-state index contributed by atoms with van der Waals surface area (Å²) in [7, 11) is 0. The first kappa shape index (κ1) is 21.1. The van der Waals surface area contributed by atoms with Gasteiger partial charge in [-0.05, 0) is 30.4 Å². The third-order valence-electron chi connectivity index (χ3n) is 5.06. The number of hydrogen-bond acceptors (Lipinski definition) is 5. The van der Waals surface area contributed by atoms with E-state index in [1.165, 1.54) is 18.5 Å². The number of nitrogens with zero attached hydrogens (tertiary/aromatic N) is 4. The zero-order chi connectivity index (χ0) is 22.7. The van der Waals surface area contributed by atoms with Gasteiger partial charge in [0.05, 0.1) is 30.2 Å². The van der Waals surface area contributed by atoms with E-state index in [0.717, 1.165) is 15.9 Å². The molecule has 32 heavy (non-hydrogen) atoms. The number of nitriles is 1. The van der Waals surface area contributed by atoms with Gasteiger partial charge in [-0.2, -0.15) is 5.26 Å². The summed E-state index contributed by atoms with van der Waals surface area (Å²) in [5.41, 5.74) is 2.42. The number of rotatable bonds is 5. The third-order valence-corrected chi connectivity index (χ3v) is 5.06. The van der Waals surface area contributed by atoms with Gasteiger partial charge in [-0.25, -0.2) is 13.8 Å². The Morgan fingerprint density at radius 2 is 2.12 bits per heavy atom. The number of fused-ring (bicyclic) bond motifs is 1. The lowest BCUT2D eigenvalue weighted by Gasteiger charge is -2.19. The Balaban J connectivity index is 1.44. The number of aromatic nitrogens is 3. The molecule has 162 valence electrons. The van der Waals surface area contributed by atoms with E-state index < -0.39 is 43.3 Å². The summed E-state index contributed by atoms with van der Waals surface area (Å²) in [6.07, 6.45) is 5.58. The van der Waals surface area contributed by atoms with Gasteiger partial charge in [0.25, 0.3) is 11.8 Å². The van der Waals surface area contributed by atoms with E-state index >= 15 is 0 Å². The SMILES string of the molecule is N#C[C@@H]1CC(F)(F)CN1C(=O)CNC(=O)c1ccncc1/C=C/c1nc2ccccc2[nH]1. The van der Waals surface area contributed by atoms with Gasteiger partial charge in [-0.15, -0.1) is 0 Å². The summed E-state index contributed by atoms with van der Waals surface area (Å²) >= 11 is 0. The van der Waals surface area contributed by atoms with Crippen LogP contribution in [0.5, 0.6) is 0 Å². The predicted octanol–water partition coefficient (Wildman–Crippen LogP) is 2.62. The van der Waals surface area contributed by atoms with E-state index in [-0.39, 0.29) is 5.56 Å². The number of carbonyl (C=O) groups excluding carboxylic acids is 2. The minimum absolute atomic E-state index is 0.253. The number of imidazole rings is 1. The zero-order valence-corrected chi connectivity index (χ0v) is 16.8. The first-order chi connectivity index (χ1) is 15.4. The monoisotopic (exact) mass is 436 g/mol. The highest BCUT2D eigenvalue weighted by molar-refractivity contribution is 6.00. The van der Waals surface area contributed by atoms with Crippen molar-refractivity contribution in [2.45, 2.75) is 18.4 Å².